The lowest BCUT2D eigenvalue weighted by atomic mass is 10.2. The second-order valence-corrected chi connectivity index (χ2v) is 7.10. The van der Waals surface area contributed by atoms with E-state index < -0.39 is 9.84 Å². The largest absolute Gasteiger partial charge is 0.219 e. The van der Waals surface area contributed by atoms with Gasteiger partial charge in [0.25, 0.3) is 0 Å². The van der Waals surface area contributed by atoms with Crippen LogP contribution in [0, 0.1) is 0 Å². The summed E-state index contributed by atoms with van der Waals surface area (Å²) < 4.78 is 25.3. The van der Waals surface area contributed by atoms with Crippen molar-refractivity contribution in [1.29, 1.82) is 0 Å². The van der Waals surface area contributed by atoms with Crippen molar-refractivity contribution in [2.24, 2.45) is 0 Å². The van der Waals surface area contributed by atoms with E-state index in [1.807, 2.05) is 0 Å². The summed E-state index contributed by atoms with van der Waals surface area (Å²) in [7, 11) is -3.25. The Hall–Kier alpha value is 0.350. The Morgan fingerprint density at radius 1 is 1.00 bits per heavy atom. The molecule has 0 radical (unpaired) electrons. The molecule has 0 saturated carbocycles. The molecule has 0 amide bonds. The predicted molar refractivity (Wildman–Crippen MR) is 65.9 cm³/mol. The lowest BCUT2D eigenvalue weighted by molar-refractivity contribution is 0.605. The fourth-order valence-corrected chi connectivity index (χ4v) is 4.53. The molecule has 74 valence electrons. The molecule has 0 spiro atoms. The van der Waals surface area contributed by atoms with E-state index in [1.165, 1.54) is 5.41 Å². The first-order valence-electron chi connectivity index (χ1n) is 3.53. The molecule has 0 fully saturated rings. The van der Waals surface area contributed by atoms with Crippen molar-refractivity contribution in [3.05, 3.63) is 32.0 Å². The number of hydrogen-bond donors (Lipinski definition) is 0. The summed E-state index contributed by atoms with van der Waals surface area (Å²) in [6, 6.07) is 3.37. The Bertz CT molecular complexity index is 546. The highest BCUT2D eigenvalue weighted by Gasteiger charge is 2.26. The van der Waals surface area contributed by atoms with E-state index >= 15 is 0 Å². The molecule has 6 heteroatoms. The lowest BCUT2D eigenvalue weighted by Gasteiger charge is -2.02. The molecule has 1 aromatic carbocycles. The number of hydrogen-bond acceptors (Lipinski definition) is 2. The Morgan fingerprint density at radius 3 is 2.21 bits per heavy atom. The SMILES string of the molecule is O=S1(=O)C=C(Br)c2cc(Br)c(Br)cc21. The molecule has 2 nitrogen and oxygen atoms in total. The minimum Gasteiger partial charge on any atom is -0.219 e. The van der Waals surface area contributed by atoms with Gasteiger partial charge < -0.3 is 0 Å². The van der Waals surface area contributed by atoms with E-state index in [4.69, 9.17) is 0 Å². The van der Waals surface area contributed by atoms with Crippen molar-refractivity contribution in [3.63, 3.8) is 0 Å². The quantitative estimate of drug-likeness (QED) is 0.663. The average Bonchev–Trinajstić information content (AvgIpc) is 2.26. The minimum absolute atomic E-state index is 0.333. The van der Waals surface area contributed by atoms with Crippen molar-refractivity contribution in [2.75, 3.05) is 0 Å². The topological polar surface area (TPSA) is 34.1 Å². The first-order chi connectivity index (χ1) is 6.42. The van der Waals surface area contributed by atoms with E-state index in [0.717, 1.165) is 8.95 Å². The molecule has 1 aliphatic rings. The van der Waals surface area contributed by atoms with Crippen LogP contribution in [-0.4, -0.2) is 8.42 Å². The van der Waals surface area contributed by atoms with Gasteiger partial charge in [0, 0.05) is 19.0 Å². The number of sulfone groups is 1. The Morgan fingerprint density at radius 2 is 1.57 bits per heavy atom. The normalized spacial score (nSPS) is 17.8. The summed E-state index contributed by atoms with van der Waals surface area (Å²) in [6.07, 6.45) is 0. The van der Waals surface area contributed by atoms with Crippen molar-refractivity contribution < 1.29 is 8.42 Å². The van der Waals surface area contributed by atoms with Crippen LogP contribution in [0.5, 0.6) is 0 Å². The molecule has 0 N–H and O–H groups in total. The van der Waals surface area contributed by atoms with E-state index in [-0.39, 0.29) is 0 Å². The van der Waals surface area contributed by atoms with Gasteiger partial charge in [0.05, 0.1) is 10.3 Å². The van der Waals surface area contributed by atoms with Gasteiger partial charge in [-0.25, -0.2) is 8.42 Å². The molecule has 1 aromatic rings. The molecule has 1 heterocycles. The van der Waals surface area contributed by atoms with Gasteiger partial charge in [-0.05, 0) is 59.9 Å². The van der Waals surface area contributed by atoms with Gasteiger partial charge in [0.15, 0.2) is 0 Å². The highest BCUT2D eigenvalue weighted by atomic mass is 79.9. The van der Waals surface area contributed by atoms with Crippen LogP contribution in [0.4, 0.5) is 0 Å². The molecular formula is C8H3Br3O2S. The summed E-state index contributed by atoms with van der Waals surface area (Å²) in [5.41, 5.74) is 0.695. The zero-order valence-electron chi connectivity index (χ0n) is 6.59. The van der Waals surface area contributed by atoms with E-state index in [1.54, 1.807) is 12.1 Å². The van der Waals surface area contributed by atoms with E-state index in [0.29, 0.717) is 14.9 Å². The molecule has 0 atom stereocenters. The first kappa shape index (κ1) is 10.9. The standard InChI is InChI=1S/C8H3Br3O2S/c9-5-1-4-7(11)3-14(12,13)8(4)2-6(5)10/h1-3H. The van der Waals surface area contributed by atoms with Gasteiger partial charge in [-0.15, -0.1) is 0 Å². The fraction of sp³-hybridized carbons (Fsp3) is 0. The van der Waals surface area contributed by atoms with Gasteiger partial charge in [-0.2, -0.15) is 0 Å². The summed E-state index contributed by atoms with van der Waals surface area (Å²) >= 11 is 9.81. The van der Waals surface area contributed by atoms with Crippen molar-refractivity contribution in [1.82, 2.24) is 0 Å². The Balaban J connectivity index is 2.85. The molecule has 0 bridgehead atoms. The Labute approximate surface area is 107 Å². The summed E-state index contributed by atoms with van der Waals surface area (Å²) in [6.45, 7) is 0. The zero-order chi connectivity index (χ0) is 10.5. The molecule has 14 heavy (non-hydrogen) atoms. The van der Waals surface area contributed by atoms with Gasteiger partial charge in [0.2, 0.25) is 9.84 Å². The first-order valence-corrected chi connectivity index (χ1v) is 7.46. The molecule has 2 rings (SSSR count). The third-order valence-corrected chi connectivity index (χ3v) is 6.15. The van der Waals surface area contributed by atoms with Crippen LogP contribution in [0.15, 0.2) is 31.4 Å². The van der Waals surface area contributed by atoms with Crippen LogP contribution in [0.2, 0.25) is 0 Å². The summed E-state index contributed by atoms with van der Waals surface area (Å²) in [5, 5.41) is 1.22. The van der Waals surface area contributed by atoms with Crippen LogP contribution in [0.3, 0.4) is 0 Å². The molecule has 0 aromatic heterocycles. The van der Waals surface area contributed by atoms with Gasteiger partial charge in [0.1, 0.15) is 0 Å². The van der Waals surface area contributed by atoms with Gasteiger partial charge >= 0.3 is 0 Å². The van der Waals surface area contributed by atoms with Crippen LogP contribution in [-0.2, 0) is 9.84 Å². The number of fused-ring (bicyclic) bond motifs is 1. The zero-order valence-corrected chi connectivity index (χ0v) is 12.2. The van der Waals surface area contributed by atoms with Crippen molar-refractivity contribution in [3.8, 4) is 0 Å². The Kier molecular flexibility index (Phi) is 2.66. The lowest BCUT2D eigenvalue weighted by Crippen LogP contribution is -1.93. The van der Waals surface area contributed by atoms with Crippen molar-refractivity contribution in [2.45, 2.75) is 4.90 Å². The molecular weight excluding hydrogens is 400 g/mol. The molecule has 0 saturated heterocycles. The molecule has 0 unspecified atom stereocenters. The van der Waals surface area contributed by atoms with Crippen LogP contribution < -0.4 is 0 Å². The monoisotopic (exact) mass is 400 g/mol. The maximum absolute atomic E-state index is 11.6. The third kappa shape index (κ3) is 1.62. The van der Waals surface area contributed by atoms with Crippen LogP contribution in [0.25, 0.3) is 4.48 Å². The predicted octanol–water partition coefficient (Wildman–Crippen LogP) is 3.69. The maximum atomic E-state index is 11.6. The summed E-state index contributed by atoms with van der Waals surface area (Å²) in [5.74, 6) is 0. The van der Waals surface area contributed by atoms with E-state index in [9.17, 15) is 8.42 Å². The second-order valence-electron chi connectivity index (χ2n) is 2.77. The minimum atomic E-state index is -3.25. The third-order valence-electron chi connectivity index (χ3n) is 1.84. The molecule has 0 aliphatic carbocycles. The van der Waals surface area contributed by atoms with Gasteiger partial charge in [-0.1, -0.05) is 0 Å². The molecule has 1 aliphatic heterocycles. The maximum Gasteiger partial charge on any atom is 0.201 e. The number of rotatable bonds is 0. The van der Waals surface area contributed by atoms with E-state index in [2.05, 4.69) is 47.8 Å². The van der Waals surface area contributed by atoms with Crippen LogP contribution >= 0.6 is 47.8 Å². The average molecular weight is 403 g/mol. The highest BCUT2D eigenvalue weighted by molar-refractivity contribution is 9.15. The number of benzene rings is 1. The highest BCUT2D eigenvalue weighted by Crippen LogP contribution is 2.40. The fourth-order valence-electron chi connectivity index (χ4n) is 1.21. The smallest absolute Gasteiger partial charge is 0.201 e. The van der Waals surface area contributed by atoms with Crippen molar-refractivity contribution >= 4 is 62.1 Å². The second kappa shape index (κ2) is 3.43. The summed E-state index contributed by atoms with van der Waals surface area (Å²) in [4.78, 5) is 0.333. The number of halogens is 3. The van der Waals surface area contributed by atoms with Crippen LogP contribution in [0.1, 0.15) is 5.56 Å². The van der Waals surface area contributed by atoms with Gasteiger partial charge in [-0.3, -0.25) is 0 Å².